The fourth-order valence-corrected chi connectivity index (χ4v) is 2.61. The Morgan fingerprint density at radius 2 is 2.40 bits per heavy atom. The number of rotatable bonds is 5. The number of amides is 2. The monoisotopic (exact) mass is 280 g/mol. The zero-order chi connectivity index (χ0) is 14.4. The Kier molecular flexibility index (Phi) is 5.35. The molecule has 0 spiro atoms. The highest BCUT2D eigenvalue weighted by Gasteiger charge is 2.28. The first-order valence-electron chi connectivity index (χ1n) is 6.98. The second kappa shape index (κ2) is 7.24. The molecule has 2 rings (SSSR count). The number of halogens is 1. The van der Waals surface area contributed by atoms with Gasteiger partial charge in [-0.1, -0.05) is 12.1 Å². The molecule has 1 aliphatic rings. The highest BCUT2D eigenvalue weighted by molar-refractivity contribution is 5.74. The predicted molar refractivity (Wildman–Crippen MR) is 75.1 cm³/mol. The molecule has 4 nitrogen and oxygen atoms in total. The van der Waals surface area contributed by atoms with Gasteiger partial charge in [-0.15, -0.1) is 0 Å². The van der Waals surface area contributed by atoms with Gasteiger partial charge in [-0.2, -0.15) is 0 Å². The topological polar surface area (TPSA) is 41.6 Å². The summed E-state index contributed by atoms with van der Waals surface area (Å²) >= 11 is 0. The van der Waals surface area contributed by atoms with E-state index in [1.54, 1.807) is 19.2 Å². The Hall–Kier alpha value is -1.62. The molecule has 0 saturated carbocycles. The predicted octanol–water partition coefficient (Wildman–Crippen LogP) is 2.19. The number of hydrogen-bond donors (Lipinski definition) is 1. The third-order valence-electron chi connectivity index (χ3n) is 3.58. The van der Waals surface area contributed by atoms with Gasteiger partial charge in [0, 0.05) is 26.2 Å². The van der Waals surface area contributed by atoms with Gasteiger partial charge in [0.05, 0.1) is 6.61 Å². The van der Waals surface area contributed by atoms with E-state index in [0.29, 0.717) is 19.6 Å². The van der Waals surface area contributed by atoms with Crippen LogP contribution in [0.3, 0.4) is 0 Å². The number of nitrogens with zero attached hydrogens (tertiary/aromatic N) is 1. The number of carbonyl (C=O) groups is 1. The Morgan fingerprint density at radius 1 is 1.55 bits per heavy atom. The highest BCUT2D eigenvalue weighted by Crippen LogP contribution is 2.21. The quantitative estimate of drug-likeness (QED) is 0.840. The van der Waals surface area contributed by atoms with E-state index in [9.17, 15) is 9.18 Å². The number of nitrogens with one attached hydrogen (secondary N) is 1. The van der Waals surface area contributed by atoms with Crippen LogP contribution in [0.5, 0.6) is 0 Å². The van der Waals surface area contributed by atoms with Crippen LogP contribution in [0.25, 0.3) is 0 Å². The van der Waals surface area contributed by atoms with Gasteiger partial charge in [0.25, 0.3) is 0 Å². The second-order valence-electron chi connectivity index (χ2n) is 5.05. The first kappa shape index (κ1) is 14.8. The van der Waals surface area contributed by atoms with E-state index in [-0.39, 0.29) is 17.9 Å². The minimum absolute atomic E-state index is 0.0547. The van der Waals surface area contributed by atoms with Gasteiger partial charge < -0.3 is 15.0 Å². The van der Waals surface area contributed by atoms with E-state index in [1.807, 2.05) is 11.0 Å². The van der Waals surface area contributed by atoms with Gasteiger partial charge in [0.1, 0.15) is 5.82 Å². The molecule has 0 bridgehead atoms. The van der Waals surface area contributed by atoms with E-state index < -0.39 is 0 Å². The van der Waals surface area contributed by atoms with Gasteiger partial charge in [-0.3, -0.25) is 0 Å². The molecule has 1 aromatic carbocycles. The lowest BCUT2D eigenvalue weighted by Crippen LogP contribution is -2.44. The molecular weight excluding hydrogens is 259 g/mol. The maximum absolute atomic E-state index is 13.2. The minimum Gasteiger partial charge on any atom is -0.383 e. The molecule has 1 fully saturated rings. The number of likely N-dealkylation sites (tertiary alicyclic amines) is 1. The minimum atomic E-state index is -0.225. The standard InChI is InChI=1S/C15H21FN2O2/c1-20-9-7-17-15(19)18-8-3-6-14(18)11-12-4-2-5-13(16)10-12/h2,4-5,10,14H,3,6-9,11H2,1H3,(H,17,19)/t14-/m0/s1. The summed E-state index contributed by atoms with van der Waals surface area (Å²) in [5.41, 5.74) is 0.937. The van der Waals surface area contributed by atoms with E-state index in [0.717, 1.165) is 24.9 Å². The van der Waals surface area contributed by atoms with E-state index >= 15 is 0 Å². The molecular formula is C15H21FN2O2. The summed E-state index contributed by atoms with van der Waals surface area (Å²) in [6, 6.07) is 6.69. The Morgan fingerprint density at radius 3 is 3.15 bits per heavy atom. The van der Waals surface area contributed by atoms with Gasteiger partial charge in [0.2, 0.25) is 0 Å². The molecule has 0 aliphatic carbocycles. The normalized spacial score (nSPS) is 18.3. The second-order valence-corrected chi connectivity index (χ2v) is 5.05. The van der Waals surface area contributed by atoms with E-state index in [2.05, 4.69) is 5.32 Å². The lowest BCUT2D eigenvalue weighted by atomic mass is 10.0. The van der Waals surface area contributed by atoms with Crippen LogP contribution in [0.1, 0.15) is 18.4 Å². The molecule has 5 heteroatoms. The van der Waals surface area contributed by atoms with Crippen molar-refractivity contribution in [3.63, 3.8) is 0 Å². The lowest BCUT2D eigenvalue weighted by Gasteiger charge is -2.25. The van der Waals surface area contributed by atoms with Crippen LogP contribution < -0.4 is 5.32 Å². The SMILES string of the molecule is COCCNC(=O)N1CCC[C@H]1Cc1cccc(F)c1. The Balaban J connectivity index is 1.91. The fourth-order valence-electron chi connectivity index (χ4n) is 2.61. The number of benzene rings is 1. The third-order valence-corrected chi connectivity index (χ3v) is 3.58. The van der Waals surface area contributed by atoms with E-state index in [1.165, 1.54) is 6.07 Å². The van der Waals surface area contributed by atoms with Crippen molar-refractivity contribution in [3.8, 4) is 0 Å². The summed E-state index contributed by atoms with van der Waals surface area (Å²) in [4.78, 5) is 13.9. The summed E-state index contributed by atoms with van der Waals surface area (Å²) in [5, 5.41) is 2.84. The molecule has 1 N–H and O–H groups in total. The third kappa shape index (κ3) is 3.93. The smallest absolute Gasteiger partial charge is 0.317 e. The molecule has 1 saturated heterocycles. The van der Waals surface area contributed by atoms with Crippen molar-refractivity contribution < 1.29 is 13.9 Å². The summed E-state index contributed by atoms with van der Waals surface area (Å²) in [7, 11) is 1.61. The number of ether oxygens (including phenoxy) is 1. The first-order chi connectivity index (χ1) is 9.70. The summed E-state index contributed by atoms with van der Waals surface area (Å²) in [6.45, 7) is 1.78. The van der Waals surface area contributed by atoms with Crippen molar-refractivity contribution in [2.24, 2.45) is 0 Å². The maximum atomic E-state index is 13.2. The summed E-state index contributed by atoms with van der Waals surface area (Å²) < 4.78 is 18.1. The van der Waals surface area contributed by atoms with Crippen LogP contribution in [0, 0.1) is 5.82 Å². The Labute approximate surface area is 118 Å². The molecule has 110 valence electrons. The maximum Gasteiger partial charge on any atom is 0.317 e. The number of carbonyl (C=O) groups excluding carboxylic acids is 1. The molecule has 0 radical (unpaired) electrons. The van der Waals surface area contributed by atoms with Crippen LogP contribution in [-0.4, -0.2) is 43.8 Å². The molecule has 1 atom stereocenters. The van der Waals surface area contributed by atoms with Crippen LogP contribution in [0.15, 0.2) is 24.3 Å². The first-order valence-corrected chi connectivity index (χ1v) is 6.98. The zero-order valence-electron chi connectivity index (χ0n) is 11.8. The molecule has 2 amide bonds. The van der Waals surface area contributed by atoms with Crippen LogP contribution in [0.4, 0.5) is 9.18 Å². The van der Waals surface area contributed by atoms with Crippen LogP contribution in [-0.2, 0) is 11.2 Å². The lowest BCUT2D eigenvalue weighted by molar-refractivity contribution is 0.176. The van der Waals surface area contributed by atoms with Crippen molar-refractivity contribution in [3.05, 3.63) is 35.6 Å². The van der Waals surface area contributed by atoms with Gasteiger partial charge in [-0.25, -0.2) is 9.18 Å². The van der Waals surface area contributed by atoms with E-state index in [4.69, 9.17) is 4.74 Å². The summed E-state index contributed by atoms with van der Waals surface area (Å²) in [5.74, 6) is -0.225. The number of urea groups is 1. The summed E-state index contributed by atoms with van der Waals surface area (Å²) in [6.07, 6.45) is 2.67. The van der Waals surface area contributed by atoms with Crippen molar-refractivity contribution in [1.29, 1.82) is 0 Å². The van der Waals surface area contributed by atoms with Crippen molar-refractivity contribution in [1.82, 2.24) is 10.2 Å². The van der Waals surface area contributed by atoms with Crippen molar-refractivity contribution >= 4 is 6.03 Å². The Bertz CT molecular complexity index is 453. The fraction of sp³-hybridized carbons (Fsp3) is 0.533. The van der Waals surface area contributed by atoms with Gasteiger partial charge in [0.15, 0.2) is 0 Å². The van der Waals surface area contributed by atoms with Crippen molar-refractivity contribution in [2.45, 2.75) is 25.3 Å². The molecule has 1 aliphatic heterocycles. The number of hydrogen-bond acceptors (Lipinski definition) is 2. The number of methoxy groups -OCH3 is 1. The molecule has 20 heavy (non-hydrogen) atoms. The van der Waals surface area contributed by atoms with Gasteiger partial charge in [-0.05, 0) is 37.0 Å². The molecule has 0 aromatic heterocycles. The molecule has 1 aromatic rings. The average molecular weight is 280 g/mol. The molecule has 1 heterocycles. The van der Waals surface area contributed by atoms with Gasteiger partial charge >= 0.3 is 6.03 Å². The zero-order valence-corrected chi connectivity index (χ0v) is 11.8. The van der Waals surface area contributed by atoms with Crippen LogP contribution in [0.2, 0.25) is 0 Å². The molecule has 0 unspecified atom stereocenters. The van der Waals surface area contributed by atoms with Crippen LogP contribution >= 0.6 is 0 Å². The largest absolute Gasteiger partial charge is 0.383 e. The van der Waals surface area contributed by atoms with Crippen molar-refractivity contribution in [2.75, 3.05) is 26.8 Å². The average Bonchev–Trinajstić information content (AvgIpc) is 2.87. The highest BCUT2D eigenvalue weighted by atomic mass is 19.1.